The summed E-state index contributed by atoms with van der Waals surface area (Å²) < 4.78 is 18.5. The summed E-state index contributed by atoms with van der Waals surface area (Å²) in [7, 11) is 3.50. The van der Waals surface area contributed by atoms with Crippen LogP contribution < -0.4 is 0 Å². The minimum absolute atomic E-state index is 0.00554. The molecule has 0 aromatic rings. The summed E-state index contributed by atoms with van der Waals surface area (Å²) in [6.07, 6.45) is 27.7. The zero-order chi connectivity index (χ0) is 44.9. The Morgan fingerprint density at radius 2 is 1.57 bits per heavy atom. The molecule has 60 heavy (non-hydrogen) atoms. The van der Waals surface area contributed by atoms with Crippen molar-refractivity contribution in [2.45, 2.75) is 241 Å². The summed E-state index contributed by atoms with van der Waals surface area (Å²) in [5.74, 6) is 1.76. The van der Waals surface area contributed by atoms with E-state index in [1.165, 1.54) is 18.4 Å². The van der Waals surface area contributed by atoms with Crippen LogP contribution in [0.1, 0.15) is 204 Å². The second kappa shape index (κ2) is 33.7. The first kappa shape index (κ1) is 56.2. The quantitative estimate of drug-likeness (QED) is 0.0283. The molecule has 0 spiro atoms. The van der Waals surface area contributed by atoms with Crippen LogP contribution in [0.5, 0.6) is 0 Å². The van der Waals surface area contributed by atoms with Crippen LogP contribution in [0, 0.1) is 29.6 Å². The molecule has 1 saturated carbocycles. The fourth-order valence-electron chi connectivity index (χ4n) is 8.77. The van der Waals surface area contributed by atoms with Crippen molar-refractivity contribution in [3.05, 3.63) is 36.0 Å². The lowest BCUT2D eigenvalue weighted by molar-refractivity contribution is -0.193. The zero-order valence-corrected chi connectivity index (χ0v) is 40.7. The number of ketones is 1. The van der Waals surface area contributed by atoms with Crippen molar-refractivity contribution < 1.29 is 34.0 Å². The van der Waals surface area contributed by atoms with Crippen LogP contribution in [-0.2, 0) is 23.8 Å². The Hall–Kier alpha value is -1.84. The SMILES string of the molecule is CCCCC(C(O)O[C@@H](CCC(=O)[C@H](C)CCC)[C@H](C)C[C@@H]1CCCC(OC)C1)N(C)C(=O)CC(O)O[C@H](CC/C(C)=C/CC/C=C/C=C/[C@@H](C)CCC)CCC(C)CC. The number of carbonyl (C=O) groups is 2. The number of amides is 1. The molecule has 1 aliphatic rings. The summed E-state index contributed by atoms with van der Waals surface area (Å²) in [5.41, 5.74) is 1.32. The van der Waals surface area contributed by atoms with Crippen molar-refractivity contribution in [1.82, 2.24) is 4.90 Å². The van der Waals surface area contributed by atoms with Gasteiger partial charge in [0.1, 0.15) is 5.78 Å². The molecule has 0 heterocycles. The zero-order valence-electron chi connectivity index (χ0n) is 40.7. The third-order valence-electron chi connectivity index (χ3n) is 13.2. The highest BCUT2D eigenvalue weighted by Gasteiger charge is 2.34. The second-order valence-corrected chi connectivity index (χ2v) is 18.8. The van der Waals surface area contributed by atoms with E-state index in [-0.39, 0.29) is 48.3 Å². The molecule has 1 amide bonds. The van der Waals surface area contributed by atoms with Crippen LogP contribution >= 0.6 is 0 Å². The Labute approximate surface area is 369 Å². The Kier molecular flexibility index (Phi) is 31.5. The fourth-order valence-corrected chi connectivity index (χ4v) is 8.77. The maximum Gasteiger partial charge on any atom is 0.227 e. The van der Waals surface area contributed by atoms with Crippen LogP contribution in [-0.4, -0.2) is 77.9 Å². The van der Waals surface area contributed by atoms with Gasteiger partial charge in [-0.15, -0.1) is 0 Å². The number of likely N-dealkylation sites (N-methyl/N-ethyl adjacent to an activating group) is 1. The van der Waals surface area contributed by atoms with E-state index in [0.29, 0.717) is 37.0 Å². The first-order valence-electron chi connectivity index (χ1n) is 24.7. The largest absolute Gasteiger partial charge is 0.381 e. The third-order valence-corrected chi connectivity index (χ3v) is 13.2. The van der Waals surface area contributed by atoms with E-state index >= 15 is 0 Å². The molecule has 350 valence electrons. The number of aliphatic hydroxyl groups excluding tert-OH is 2. The minimum atomic E-state index is -1.25. The molecule has 0 aromatic carbocycles. The standard InChI is InChI=1S/C52H95NO7/c1-12-16-29-47(52(57)60-49(35-34-48(54)42(8)24-14-3)43(9)36-44-27-22-28-46(37-44)58-11)53(10)50(55)38-51(56)59-45(32-30-39(5)15-4)33-31-41(7)26-21-19-17-18-20-25-40(6)23-13-2/h17-18,20,25-26,39-40,42-47,49,51-52,56-57H,12-16,19,21-24,27-38H2,1-11H3/b18-17+,25-20+,41-26+/t39?,40-,42+,43+,44-,45-,46?,47?,49-,51?,52?/m0/s1. The van der Waals surface area contributed by atoms with Gasteiger partial charge >= 0.3 is 0 Å². The van der Waals surface area contributed by atoms with Crippen LogP contribution in [0.4, 0.5) is 0 Å². The van der Waals surface area contributed by atoms with Crippen molar-refractivity contribution in [2.75, 3.05) is 14.2 Å². The van der Waals surface area contributed by atoms with Gasteiger partial charge in [0.2, 0.25) is 5.91 Å². The molecule has 11 atom stereocenters. The molecular formula is C52H95NO7. The molecule has 1 rings (SSSR count). The van der Waals surface area contributed by atoms with E-state index in [0.717, 1.165) is 103 Å². The third kappa shape index (κ3) is 24.7. The number of allylic oxidation sites excluding steroid dienone is 6. The number of nitrogens with zero attached hydrogens (tertiary/aromatic N) is 1. The number of carbonyl (C=O) groups excluding carboxylic acids is 2. The number of aliphatic hydroxyl groups is 2. The topological polar surface area (TPSA) is 106 Å². The fraction of sp³-hybridized carbons (Fsp3) is 0.846. The van der Waals surface area contributed by atoms with Crippen LogP contribution in [0.2, 0.25) is 0 Å². The molecule has 0 radical (unpaired) electrons. The predicted octanol–water partition coefficient (Wildman–Crippen LogP) is 12.7. The van der Waals surface area contributed by atoms with Crippen molar-refractivity contribution in [3.63, 3.8) is 0 Å². The van der Waals surface area contributed by atoms with E-state index in [1.807, 2.05) is 6.92 Å². The van der Waals surface area contributed by atoms with E-state index in [2.05, 4.69) is 85.8 Å². The van der Waals surface area contributed by atoms with Gasteiger partial charge in [-0.25, -0.2) is 0 Å². The Balaban J connectivity index is 3.01. The van der Waals surface area contributed by atoms with Gasteiger partial charge in [0.15, 0.2) is 12.6 Å². The van der Waals surface area contributed by atoms with Gasteiger partial charge < -0.3 is 29.3 Å². The predicted molar refractivity (Wildman–Crippen MR) is 251 cm³/mol. The summed E-state index contributed by atoms with van der Waals surface area (Å²) in [4.78, 5) is 28.5. The Morgan fingerprint density at radius 3 is 2.23 bits per heavy atom. The van der Waals surface area contributed by atoms with Gasteiger partial charge in [0, 0.05) is 26.5 Å². The number of methoxy groups -OCH3 is 1. The van der Waals surface area contributed by atoms with Gasteiger partial charge in [-0.05, 0) is 114 Å². The summed E-state index contributed by atoms with van der Waals surface area (Å²) in [6.45, 7) is 19.5. The lowest BCUT2D eigenvalue weighted by Crippen LogP contribution is -2.48. The smallest absolute Gasteiger partial charge is 0.227 e. The Morgan fingerprint density at radius 1 is 0.833 bits per heavy atom. The minimum Gasteiger partial charge on any atom is -0.381 e. The maximum absolute atomic E-state index is 13.8. The lowest BCUT2D eigenvalue weighted by atomic mass is 9.79. The number of unbranched alkanes of at least 4 members (excludes halogenated alkanes) is 2. The van der Waals surface area contributed by atoms with E-state index in [4.69, 9.17) is 14.2 Å². The van der Waals surface area contributed by atoms with Crippen molar-refractivity contribution in [1.29, 1.82) is 0 Å². The molecule has 1 fully saturated rings. The number of rotatable bonds is 35. The highest BCUT2D eigenvalue weighted by Crippen LogP contribution is 2.34. The van der Waals surface area contributed by atoms with E-state index in [9.17, 15) is 19.8 Å². The lowest BCUT2D eigenvalue weighted by Gasteiger charge is -2.37. The van der Waals surface area contributed by atoms with Gasteiger partial charge in [-0.3, -0.25) is 9.59 Å². The van der Waals surface area contributed by atoms with Crippen molar-refractivity contribution >= 4 is 11.7 Å². The molecule has 0 aromatic heterocycles. The average molecular weight is 846 g/mol. The molecule has 0 saturated heterocycles. The van der Waals surface area contributed by atoms with E-state index in [1.54, 1.807) is 19.1 Å². The molecule has 8 heteroatoms. The normalized spacial score (nSPS) is 21.1. The summed E-state index contributed by atoms with van der Waals surface area (Å²) in [6, 6.07) is -0.592. The van der Waals surface area contributed by atoms with Crippen molar-refractivity contribution in [2.24, 2.45) is 29.6 Å². The Bertz CT molecular complexity index is 1200. The summed E-state index contributed by atoms with van der Waals surface area (Å²) >= 11 is 0. The van der Waals surface area contributed by atoms with Crippen LogP contribution in [0.15, 0.2) is 36.0 Å². The van der Waals surface area contributed by atoms with Crippen molar-refractivity contribution in [3.8, 4) is 0 Å². The molecule has 0 aliphatic heterocycles. The monoisotopic (exact) mass is 846 g/mol. The van der Waals surface area contributed by atoms with Gasteiger partial charge in [-0.1, -0.05) is 136 Å². The van der Waals surface area contributed by atoms with Crippen LogP contribution in [0.25, 0.3) is 0 Å². The number of hydrogen-bond donors (Lipinski definition) is 2. The van der Waals surface area contributed by atoms with Gasteiger partial charge in [0.05, 0.1) is 30.8 Å². The summed E-state index contributed by atoms with van der Waals surface area (Å²) in [5, 5.41) is 23.0. The number of Topliss-reactive ketones (excluding diaryl/α,β-unsaturated/α-hetero) is 1. The first-order valence-corrected chi connectivity index (χ1v) is 24.7. The number of ether oxygens (including phenoxy) is 3. The molecule has 5 unspecified atom stereocenters. The van der Waals surface area contributed by atoms with Gasteiger partial charge in [-0.2, -0.15) is 0 Å². The average Bonchev–Trinajstić information content (AvgIpc) is 3.22. The van der Waals surface area contributed by atoms with Gasteiger partial charge in [0.25, 0.3) is 0 Å². The second-order valence-electron chi connectivity index (χ2n) is 18.8. The maximum atomic E-state index is 13.8. The van der Waals surface area contributed by atoms with Crippen LogP contribution in [0.3, 0.4) is 0 Å². The molecule has 1 aliphatic carbocycles. The highest BCUT2D eigenvalue weighted by atomic mass is 16.6. The molecule has 2 N–H and O–H groups in total. The first-order chi connectivity index (χ1) is 28.7. The molecule has 0 bridgehead atoms. The highest BCUT2D eigenvalue weighted by molar-refractivity contribution is 5.80. The molecule has 8 nitrogen and oxygen atoms in total. The number of hydrogen-bond acceptors (Lipinski definition) is 7. The molecular weight excluding hydrogens is 751 g/mol. The van der Waals surface area contributed by atoms with E-state index < -0.39 is 18.6 Å².